The van der Waals surface area contributed by atoms with Crippen molar-refractivity contribution in [3.63, 3.8) is 0 Å². The number of rotatable bonds is 7. The van der Waals surface area contributed by atoms with Crippen LogP contribution in [0.5, 0.6) is 23.0 Å². The summed E-state index contributed by atoms with van der Waals surface area (Å²) in [6.07, 6.45) is 7.35. The first-order chi connectivity index (χ1) is 24.7. The van der Waals surface area contributed by atoms with Crippen molar-refractivity contribution in [1.29, 1.82) is 0 Å². The van der Waals surface area contributed by atoms with Gasteiger partial charge in [-0.15, -0.1) is 71.8 Å². The molecule has 0 radical (unpaired) electrons. The number of hydrogen-bond donors (Lipinski definition) is 0. The monoisotopic (exact) mass is 1050 g/mol. The topological polar surface area (TPSA) is 75.0 Å². The number of fused-ring (bicyclic) bond motifs is 3. The Bertz CT molecular complexity index is 2410. The summed E-state index contributed by atoms with van der Waals surface area (Å²) < 4.78 is 14.6. The molecule has 0 aliphatic carbocycles. The van der Waals surface area contributed by atoms with Crippen LogP contribution in [-0.2, 0) is 47.5 Å². The van der Waals surface area contributed by atoms with Crippen LogP contribution in [0.15, 0.2) is 110 Å². The van der Waals surface area contributed by atoms with Crippen molar-refractivity contribution >= 4 is 21.8 Å². The van der Waals surface area contributed by atoms with Crippen molar-refractivity contribution < 1.29 is 51.6 Å². The zero-order valence-corrected chi connectivity index (χ0v) is 34.1. The molecular weight excluding hydrogens is 1020 g/mol. The van der Waals surface area contributed by atoms with Gasteiger partial charge in [-0.3, -0.25) is 0 Å². The van der Waals surface area contributed by atoms with E-state index >= 15 is 0 Å². The van der Waals surface area contributed by atoms with Gasteiger partial charge in [0.2, 0.25) is 5.95 Å². The molecule has 53 heavy (non-hydrogen) atoms. The summed E-state index contributed by atoms with van der Waals surface area (Å²) >= 11 is 0. The number of nitrogens with zero attached hydrogens (tertiary/aromatic N) is 5. The molecule has 4 aromatic carbocycles. The Hall–Kier alpha value is -4.96. The van der Waals surface area contributed by atoms with Gasteiger partial charge in [-0.25, -0.2) is 9.97 Å². The molecule has 0 atom stereocenters. The van der Waals surface area contributed by atoms with E-state index in [1.807, 2.05) is 116 Å². The fourth-order valence-electron chi connectivity index (χ4n) is 5.89. The van der Waals surface area contributed by atoms with E-state index in [4.69, 9.17) is 19.4 Å². The van der Waals surface area contributed by atoms with Gasteiger partial charge in [-0.2, -0.15) is 22.9 Å². The number of aryl methyl sites for hydroxylation is 2. The Labute approximate surface area is 338 Å². The third-order valence-corrected chi connectivity index (χ3v) is 8.60. The second kappa shape index (κ2) is 15.6. The van der Waals surface area contributed by atoms with Crippen LogP contribution >= 0.6 is 0 Å². The van der Waals surface area contributed by atoms with Crippen molar-refractivity contribution in [2.75, 3.05) is 0 Å². The van der Waals surface area contributed by atoms with Gasteiger partial charge in [-0.05, 0) is 48.3 Å². The summed E-state index contributed by atoms with van der Waals surface area (Å²) in [5, 5.41) is 1.90. The molecular formula is C44H33N5O2Pt2. The normalized spacial score (nSPS) is 11.2. The summed E-state index contributed by atoms with van der Waals surface area (Å²) in [5.74, 6) is 2.65. The minimum atomic E-state index is -0.0996. The summed E-state index contributed by atoms with van der Waals surface area (Å²) in [5.41, 5.74) is 8.03. The van der Waals surface area contributed by atoms with E-state index in [-0.39, 0.29) is 47.5 Å². The van der Waals surface area contributed by atoms with Crippen molar-refractivity contribution in [2.45, 2.75) is 40.0 Å². The van der Waals surface area contributed by atoms with E-state index in [9.17, 15) is 0 Å². The summed E-state index contributed by atoms with van der Waals surface area (Å²) in [6.45, 7) is 10.5. The van der Waals surface area contributed by atoms with E-state index in [1.54, 1.807) is 12.4 Å². The van der Waals surface area contributed by atoms with Crippen LogP contribution in [0.4, 0.5) is 0 Å². The Morgan fingerprint density at radius 1 is 0.547 bits per heavy atom. The number of hydrogen-bond acceptors (Lipinski definition) is 6. The maximum absolute atomic E-state index is 6.35. The van der Waals surface area contributed by atoms with Gasteiger partial charge >= 0.3 is 42.1 Å². The minimum Gasteiger partial charge on any atom is -0.503 e. The maximum Gasteiger partial charge on any atom is 2.00 e. The molecule has 0 amide bonds. The standard InChI is InChI=1S/C44H33N5O2.2Pt/c1-28-16-18-45-39(20-28)30-8-6-10-33(22-30)50-35-12-14-37-38-15-13-36(51-34-11-7-9-31(23-34)40-21-29(2)17-19-46-40)25-42(38)49(41(37)24-35)43-47-26-32(27-48-43)44(3,4)5;;/h6-21,26-27H,1-5H3;;/q-4;2*+2. The van der Waals surface area contributed by atoms with Gasteiger partial charge in [0.25, 0.3) is 0 Å². The van der Waals surface area contributed by atoms with E-state index in [0.717, 1.165) is 61.0 Å². The quantitative estimate of drug-likeness (QED) is 0.148. The van der Waals surface area contributed by atoms with E-state index in [1.165, 1.54) is 0 Å². The minimum absolute atomic E-state index is 0. The number of ether oxygens (including phenoxy) is 2. The van der Waals surface area contributed by atoms with E-state index in [0.29, 0.717) is 28.9 Å². The number of aromatic nitrogens is 5. The number of benzene rings is 4. The van der Waals surface area contributed by atoms with E-state index < -0.39 is 0 Å². The predicted molar refractivity (Wildman–Crippen MR) is 199 cm³/mol. The number of pyridine rings is 2. The molecule has 266 valence electrons. The van der Waals surface area contributed by atoms with Gasteiger partial charge in [-0.1, -0.05) is 67.2 Å². The van der Waals surface area contributed by atoms with Gasteiger partial charge < -0.3 is 24.0 Å². The molecule has 0 unspecified atom stereocenters. The van der Waals surface area contributed by atoms with E-state index in [2.05, 4.69) is 55.0 Å². The summed E-state index contributed by atoms with van der Waals surface area (Å²) in [6, 6.07) is 41.1. The summed E-state index contributed by atoms with van der Waals surface area (Å²) in [7, 11) is 0. The molecule has 0 fully saturated rings. The van der Waals surface area contributed by atoms with Crippen LogP contribution in [0.25, 0.3) is 50.3 Å². The zero-order valence-electron chi connectivity index (χ0n) is 29.6. The van der Waals surface area contributed by atoms with Crippen LogP contribution in [0.3, 0.4) is 0 Å². The maximum atomic E-state index is 6.35. The molecule has 8 rings (SSSR count). The van der Waals surface area contributed by atoms with Crippen molar-refractivity contribution in [2.24, 2.45) is 0 Å². The molecule has 0 aliphatic rings. The van der Waals surface area contributed by atoms with Crippen molar-refractivity contribution in [1.82, 2.24) is 24.5 Å². The Balaban J connectivity index is 0.00000240. The largest absolute Gasteiger partial charge is 2.00 e. The van der Waals surface area contributed by atoms with Gasteiger partial charge in [0.05, 0.1) is 0 Å². The molecule has 4 aromatic heterocycles. The molecule has 0 saturated heterocycles. The fraction of sp³-hybridized carbons (Fsp3) is 0.136. The second-order valence-electron chi connectivity index (χ2n) is 13.5. The molecule has 0 bridgehead atoms. The zero-order chi connectivity index (χ0) is 35.1. The van der Waals surface area contributed by atoms with Gasteiger partial charge in [0.15, 0.2) is 0 Å². The molecule has 9 heteroatoms. The SMILES string of the molecule is Cc1ccnc(-c2[c-]c(Oc3[c-]c4c(cc3)c3ccc(Oc5[c-]c(-c6cc(C)ccn6)ccc5)[c-]c3n4-c3ncc(C(C)(C)C)cn3)ccc2)c1.[Pt+2].[Pt+2]. The predicted octanol–water partition coefficient (Wildman–Crippen LogP) is 10.4. The van der Waals surface area contributed by atoms with Gasteiger partial charge in [0.1, 0.15) is 0 Å². The average Bonchev–Trinajstić information content (AvgIpc) is 3.44. The van der Waals surface area contributed by atoms with Crippen LogP contribution < -0.4 is 9.47 Å². The van der Waals surface area contributed by atoms with Gasteiger partial charge in [0, 0.05) is 47.8 Å². The third kappa shape index (κ3) is 8.02. The molecule has 8 aromatic rings. The Morgan fingerprint density at radius 2 is 1.00 bits per heavy atom. The first-order valence-electron chi connectivity index (χ1n) is 16.7. The second-order valence-corrected chi connectivity index (χ2v) is 13.5. The summed E-state index contributed by atoms with van der Waals surface area (Å²) in [4.78, 5) is 18.7. The molecule has 7 nitrogen and oxygen atoms in total. The fourth-order valence-corrected chi connectivity index (χ4v) is 5.89. The average molecular weight is 1050 g/mol. The molecule has 4 heterocycles. The molecule has 0 N–H and O–H groups in total. The van der Waals surface area contributed by atoms with Crippen LogP contribution in [0.2, 0.25) is 0 Å². The molecule has 0 spiro atoms. The van der Waals surface area contributed by atoms with Crippen LogP contribution in [-0.4, -0.2) is 24.5 Å². The van der Waals surface area contributed by atoms with Crippen LogP contribution in [0, 0.1) is 38.1 Å². The Kier molecular flexibility index (Phi) is 11.1. The van der Waals surface area contributed by atoms with Crippen LogP contribution in [0.1, 0.15) is 37.5 Å². The van der Waals surface area contributed by atoms with Crippen molar-refractivity contribution in [3.8, 4) is 51.5 Å². The third-order valence-electron chi connectivity index (χ3n) is 8.60. The smallest absolute Gasteiger partial charge is 0.503 e. The molecule has 0 saturated carbocycles. The first-order valence-corrected chi connectivity index (χ1v) is 16.7. The Morgan fingerprint density at radius 3 is 1.43 bits per heavy atom. The van der Waals surface area contributed by atoms with Crippen molar-refractivity contribution in [3.05, 3.63) is 151 Å². The first kappa shape index (κ1) is 37.8. The molecule has 0 aliphatic heterocycles.